The van der Waals surface area contributed by atoms with Gasteiger partial charge in [-0.15, -0.1) is 0 Å². The van der Waals surface area contributed by atoms with Gasteiger partial charge in [0, 0.05) is 44.3 Å². The van der Waals surface area contributed by atoms with Crippen molar-refractivity contribution in [3.05, 3.63) is 59.7 Å². The third-order valence-corrected chi connectivity index (χ3v) is 6.92. The predicted octanol–water partition coefficient (Wildman–Crippen LogP) is 3.13. The van der Waals surface area contributed by atoms with Gasteiger partial charge in [-0.1, -0.05) is 55.5 Å². The van der Waals surface area contributed by atoms with E-state index in [0.29, 0.717) is 6.42 Å². The smallest absolute Gasteiger partial charge is 0.407 e. The molecule has 2 aromatic carbocycles. The number of aliphatic hydroxyl groups is 1. The molecule has 1 fully saturated rings. The number of carbonyl (C=O) groups is 3. The molecule has 2 aromatic rings. The Balaban J connectivity index is 1.31. The second-order valence-corrected chi connectivity index (χ2v) is 9.00. The first-order valence-corrected chi connectivity index (χ1v) is 11.7. The first-order valence-electron chi connectivity index (χ1n) is 11.7. The van der Waals surface area contributed by atoms with Crippen LogP contribution in [-0.4, -0.2) is 64.4 Å². The van der Waals surface area contributed by atoms with Crippen molar-refractivity contribution in [1.82, 2.24) is 10.2 Å². The van der Waals surface area contributed by atoms with Crippen molar-refractivity contribution in [1.29, 1.82) is 0 Å². The van der Waals surface area contributed by atoms with Crippen molar-refractivity contribution in [2.24, 2.45) is 0 Å². The van der Waals surface area contributed by atoms with Crippen LogP contribution < -0.4 is 5.32 Å². The van der Waals surface area contributed by atoms with Crippen LogP contribution in [0.4, 0.5) is 4.79 Å². The lowest BCUT2D eigenvalue weighted by molar-refractivity contribution is -0.165. The first kappa shape index (κ1) is 23.8. The van der Waals surface area contributed by atoms with Gasteiger partial charge in [-0.25, -0.2) is 9.59 Å². The molecule has 0 aromatic heterocycles. The molecular formula is C26H30N2O6. The predicted molar refractivity (Wildman–Crippen MR) is 125 cm³/mol. The lowest BCUT2D eigenvalue weighted by Gasteiger charge is -2.35. The van der Waals surface area contributed by atoms with Gasteiger partial charge in [0.2, 0.25) is 5.91 Å². The summed E-state index contributed by atoms with van der Waals surface area (Å²) in [5.74, 6) is -1.48. The Hall–Kier alpha value is -3.39. The molecule has 180 valence electrons. The van der Waals surface area contributed by atoms with Crippen molar-refractivity contribution < 1.29 is 29.3 Å². The van der Waals surface area contributed by atoms with Crippen LogP contribution in [0, 0.1) is 0 Å². The van der Waals surface area contributed by atoms with Crippen LogP contribution in [0.2, 0.25) is 0 Å². The molecular weight excluding hydrogens is 436 g/mol. The van der Waals surface area contributed by atoms with Crippen LogP contribution in [0.3, 0.4) is 0 Å². The Morgan fingerprint density at radius 3 is 2.15 bits per heavy atom. The number of amides is 2. The van der Waals surface area contributed by atoms with Gasteiger partial charge in [0.1, 0.15) is 6.61 Å². The molecule has 8 heteroatoms. The summed E-state index contributed by atoms with van der Waals surface area (Å²) in [7, 11) is 0. The van der Waals surface area contributed by atoms with E-state index >= 15 is 0 Å². The number of benzene rings is 2. The molecule has 2 aliphatic rings. The van der Waals surface area contributed by atoms with Crippen LogP contribution in [-0.2, 0) is 14.3 Å². The van der Waals surface area contributed by atoms with E-state index in [2.05, 4.69) is 29.6 Å². The largest absolute Gasteiger partial charge is 0.479 e. The van der Waals surface area contributed by atoms with Gasteiger partial charge in [-0.2, -0.15) is 0 Å². The lowest BCUT2D eigenvalue weighted by atomic mass is 9.91. The van der Waals surface area contributed by atoms with Gasteiger partial charge >= 0.3 is 12.1 Å². The van der Waals surface area contributed by atoms with E-state index in [1.165, 1.54) is 0 Å². The van der Waals surface area contributed by atoms with E-state index in [4.69, 9.17) is 9.84 Å². The number of carbonyl (C=O) groups excluding carboxylic acids is 2. The minimum Gasteiger partial charge on any atom is -0.479 e. The number of carboxylic acid groups (broad SMARTS) is 1. The van der Waals surface area contributed by atoms with Crippen LogP contribution in [0.5, 0.6) is 0 Å². The standard InChI is InChI=1S/C26H30N2O6/c1-2-17(15-23(29)28-13-11-26(33,12-14-28)24(30)31)27-25(32)34-16-22-20-9-5-3-7-18(20)19-8-4-6-10-21(19)22/h3-10,17,22,33H,2,11-16H2,1H3,(H,27,32)(H,30,31)/t17-/m1/s1. The highest BCUT2D eigenvalue weighted by molar-refractivity contribution is 5.81. The number of rotatable bonds is 7. The number of ether oxygens (including phenoxy) is 1. The Bertz CT molecular complexity index is 1030. The second-order valence-electron chi connectivity index (χ2n) is 9.00. The van der Waals surface area contributed by atoms with Crippen LogP contribution in [0.15, 0.2) is 48.5 Å². The summed E-state index contributed by atoms with van der Waals surface area (Å²) in [4.78, 5) is 37.9. The molecule has 0 bridgehead atoms. The first-order chi connectivity index (χ1) is 16.3. The van der Waals surface area contributed by atoms with Crippen molar-refractivity contribution in [3.63, 3.8) is 0 Å². The number of hydrogen-bond donors (Lipinski definition) is 3. The van der Waals surface area contributed by atoms with E-state index in [-0.39, 0.29) is 50.8 Å². The summed E-state index contributed by atoms with van der Waals surface area (Å²) >= 11 is 0. The van der Waals surface area contributed by atoms with E-state index in [1.54, 1.807) is 4.90 Å². The highest BCUT2D eigenvalue weighted by Gasteiger charge is 2.40. The third-order valence-electron chi connectivity index (χ3n) is 6.92. The Morgan fingerprint density at radius 2 is 1.62 bits per heavy atom. The number of fused-ring (bicyclic) bond motifs is 3. The minimum absolute atomic E-state index is 0.00925. The van der Waals surface area contributed by atoms with Gasteiger partial charge < -0.3 is 25.2 Å². The Kier molecular flexibility index (Phi) is 6.88. The lowest BCUT2D eigenvalue weighted by Crippen LogP contribution is -2.51. The monoisotopic (exact) mass is 466 g/mol. The van der Waals surface area contributed by atoms with Crippen molar-refractivity contribution in [2.75, 3.05) is 19.7 Å². The van der Waals surface area contributed by atoms with Gasteiger partial charge in [0.05, 0.1) is 0 Å². The van der Waals surface area contributed by atoms with E-state index in [0.717, 1.165) is 22.3 Å². The summed E-state index contributed by atoms with van der Waals surface area (Å²) in [6.45, 7) is 2.41. The molecule has 1 aliphatic heterocycles. The van der Waals surface area contributed by atoms with E-state index in [9.17, 15) is 19.5 Å². The number of hydrogen-bond acceptors (Lipinski definition) is 5. The zero-order chi connectivity index (χ0) is 24.3. The van der Waals surface area contributed by atoms with Crippen molar-refractivity contribution in [2.45, 2.75) is 50.2 Å². The van der Waals surface area contributed by atoms with Gasteiger partial charge in [0.15, 0.2) is 5.60 Å². The molecule has 2 amide bonds. The topological polar surface area (TPSA) is 116 Å². The molecule has 0 unspecified atom stereocenters. The molecule has 34 heavy (non-hydrogen) atoms. The summed E-state index contributed by atoms with van der Waals surface area (Å²) in [6.07, 6.45) is 0.0464. The molecule has 4 rings (SSSR count). The molecule has 0 saturated carbocycles. The second kappa shape index (κ2) is 9.85. The molecule has 8 nitrogen and oxygen atoms in total. The van der Waals surface area contributed by atoms with E-state index < -0.39 is 23.7 Å². The molecule has 0 spiro atoms. The molecule has 1 aliphatic carbocycles. The number of nitrogens with one attached hydrogen (secondary N) is 1. The number of carboxylic acids is 1. The Labute approximate surface area is 198 Å². The number of likely N-dealkylation sites (tertiary alicyclic amines) is 1. The number of alkyl carbamates (subject to hydrolysis) is 1. The summed E-state index contributed by atoms with van der Waals surface area (Å²) < 4.78 is 5.58. The quantitative estimate of drug-likeness (QED) is 0.577. The van der Waals surface area contributed by atoms with Crippen molar-refractivity contribution >= 4 is 18.0 Å². The average Bonchev–Trinajstić information content (AvgIpc) is 3.16. The maximum Gasteiger partial charge on any atom is 0.407 e. The number of aliphatic carboxylic acids is 1. The molecule has 0 radical (unpaired) electrons. The molecule has 1 saturated heterocycles. The summed E-state index contributed by atoms with van der Waals surface area (Å²) in [5, 5.41) is 22.0. The van der Waals surface area contributed by atoms with Gasteiger partial charge in [0.25, 0.3) is 0 Å². The zero-order valence-electron chi connectivity index (χ0n) is 19.2. The SMILES string of the molecule is CC[C@H](CC(=O)N1CCC(O)(C(=O)O)CC1)NC(=O)OCC1c2ccccc2-c2ccccc21. The Morgan fingerprint density at radius 1 is 1.06 bits per heavy atom. The maximum atomic E-state index is 12.7. The van der Waals surface area contributed by atoms with Gasteiger partial charge in [-0.3, -0.25) is 4.79 Å². The zero-order valence-corrected chi connectivity index (χ0v) is 19.2. The number of nitrogens with zero attached hydrogens (tertiary/aromatic N) is 1. The molecule has 3 N–H and O–H groups in total. The summed E-state index contributed by atoms with van der Waals surface area (Å²) in [5.41, 5.74) is 2.79. The highest BCUT2D eigenvalue weighted by Crippen LogP contribution is 2.44. The fraction of sp³-hybridized carbons (Fsp3) is 0.423. The highest BCUT2D eigenvalue weighted by atomic mass is 16.5. The molecule has 1 atom stereocenters. The minimum atomic E-state index is -1.78. The molecule has 1 heterocycles. The van der Waals surface area contributed by atoms with E-state index in [1.807, 2.05) is 31.2 Å². The van der Waals surface area contributed by atoms with Gasteiger partial charge in [-0.05, 0) is 28.7 Å². The van der Waals surface area contributed by atoms with Crippen LogP contribution >= 0.6 is 0 Å². The number of piperidine rings is 1. The summed E-state index contributed by atoms with van der Waals surface area (Å²) in [6, 6.07) is 15.8. The average molecular weight is 467 g/mol. The third kappa shape index (κ3) is 4.77. The fourth-order valence-corrected chi connectivity index (χ4v) is 4.78. The van der Waals surface area contributed by atoms with Crippen LogP contribution in [0.1, 0.15) is 49.7 Å². The van der Waals surface area contributed by atoms with Crippen LogP contribution in [0.25, 0.3) is 11.1 Å². The maximum absolute atomic E-state index is 12.7. The normalized spacial score (nSPS) is 17.4. The fourth-order valence-electron chi connectivity index (χ4n) is 4.78. The van der Waals surface area contributed by atoms with Crippen molar-refractivity contribution in [3.8, 4) is 11.1 Å².